The predicted octanol–water partition coefficient (Wildman–Crippen LogP) is 5.15. The van der Waals surface area contributed by atoms with Gasteiger partial charge in [-0.15, -0.1) is 0 Å². The topological polar surface area (TPSA) is 65.0 Å². The minimum absolute atomic E-state index is 0.0461. The van der Waals surface area contributed by atoms with Crippen molar-refractivity contribution in [2.45, 2.75) is 0 Å². The van der Waals surface area contributed by atoms with Crippen molar-refractivity contribution < 1.29 is 23.5 Å². The predicted molar refractivity (Wildman–Crippen MR) is 113 cm³/mol. The third-order valence-corrected chi connectivity index (χ3v) is 4.87. The van der Waals surface area contributed by atoms with E-state index in [-0.39, 0.29) is 11.6 Å². The Hall–Kier alpha value is -3.58. The monoisotopic (exact) mass is 465 g/mol. The van der Waals surface area contributed by atoms with E-state index in [9.17, 15) is 14.0 Å². The molecule has 5 nitrogen and oxygen atoms in total. The SMILES string of the molecule is O=C1OC(c2cccc(F)c2)=N/C1=C\c1ccc(OC(=O)c2ccccc2Br)cc1. The molecule has 1 heterocycles. The van der Waals surface area contributed by atoms with Gasteiger partial charge in [0.05, 0.1) is 5.56 Å². The van der Waals surface area contributed by atoms with Crippen LogP contribution in [-0.4, -0.2) is 17.8 Å². The maximum absolute atomic E-state index is 13.4. The zero-order chi connectivity index (χ0) is 21.1. The molecule has 0 saturated heterocycles. The highest BCUT2D eigenvalue weighted by Gasteiger charge is 2.24. The molecule has 0 amide bonds. The number of esters is 2. The van der Waals surface area contributed by atoms with Gasteiger partial charge < -0.3 is 9.47 Å². The van der Waals surface area contributed by atoms with Crippen LogP contribution in [0.15, 0.2) is 88.0 Å². The summed E-state index contributed by atoms with van der Waals surface area (Å²) in [6, 6.07) is 19.2. The molecule has 1 aliphatic heterocycles. The van der Waals surface area contributed by atoms with Gasteiger partial charge in [-0.3, -0.25) is 0 Å². The summed E-state index contributed by atoms with van der Waals surface area (Å²) in [7, 11) is 0. The summed E-state index contributed by atoms with van der Waals surface area (Å²) in [5, 5.41) is 0. The average molecular weight is 466 g/mol. The van der Waals surface area contributed by atoms with E-state index in [0.717, 1.165) is 0 Å². The van der Waals surface area contributed by atoms with E-state index in [1.54, 1.807) is 54.6 Å². The van der Waals surface area contributed by atoms with Gasteiger partial charge in [0.25, 0.3) is 0 Å². The second-order valence-corrected chi connectivity index (χ2v) is 7.14. The van der Waals surface area contributed by atoms with Gasteiger partial charge in [0.15, 0.2) is 5.70 Å². The van der Waals surface area contributed by atoms with Crippen LogP contribution in [-0.2, 0) is 9.53 Å². The normalized spacial score (nSPS) is 14.4. The minimum atomic E-state index is -0.626. The van der Waals surface area contributed by atoms with E-state index < -0.39 is 17.8 Å². The van der Waals surface area contributed by atoms with E-state index >= 15 is 0 Å². The second-order valence-electron chi connectivity index (χ2n) is 6.28. The molecule has 0 bridgehead atoms. The molecule has 0 aliphatic carbocycles. The lowest BCUT2D eigenvalue weighted by Gasteiger charge is -2.06. The van der Waals surface area contributed by atoms with Crippen LogP contribution in [0, 0.1) is 5.82 Å². The molecule has 148 valence electrons. The summed E-state index contributed by atoms with van der Waals surface area (Å²) in [5.74, 6) is -1.16. The molecule has 0 N–H and O–H groups in total. The van der Waals surface area contributed by atoms with E-state index in [1.165, 1.54) is 24.3 Å². The molecule has 0 spiro atoms. The summed E-state index contributed by atoms with van der Waals surface area (Å²) in [6.45, 7) is 0. The largest absolute Gasteiger partial charge is 0.423 e. The Morgan fingerprint density at radius 3 is 2.53 bits per heavy atom. The number of hydrogen-bond acceptors (Lipinski definition) is 5. The highest BCUT2D eigenvalue weighted by molar-refractivity contribution is 9.10. The van der Waals surface area contributed by atoms with Gasteiger partial charge in [0.1, 0.15) is 11.6 Å². The smallest absolute Gasteiger partial charge is 0.363 e. The first-order valence-corrected chi connectivity index (χ1v) is 9.64. The standard InChI is InChI=1S/C23H13BrFNO4/c24-19-7-2-1-6-18(19)22(27)29-17-10-8-14(9-11-17)12-20-23(28)30-21(26-20)15-4-3-5-16(25)13-15/h1-13H/b20-12-. The average Bonchev–Trinajstić information content (AvgIpc) is 3.10. The summed E-state index contributed by atoms with van der Waals surface area (Å²) in [4.78, 5) is 28.5. The lowest BCUT2D eigenvalue weighted by molar-refractivity contribution is -0.129. The number of halogens is 2. The van der Waals surface area contributed by atoms with Crippen LogP contribution in [0.2, 0.25) is 0 Å². The summed E-state index contributed by atoms with van der Waals surface area (Å²) in [6.07, 6.45) is 1.54. The molecular weight excluding hydrogens is 453 g/mol. The van der Waals surface area contributed by atoms with Gasteiger partial charge in [-0.1, -0.05) is 30.3 Å². The lowest BCUT2D eigenvalue weighted by Crippen LogP contribution is -2.09. The van der Waals surface area contributed by atoms with Crippen LogP contribution in [0.3, 0.4) is 0 Å². The summed E-state index contributed by atoms with van der Waals surface area (Å²) < 4.78 is 24.5. The number of carbonyl (C=O) groups excluding carboxylic acids is 2. The van der Waals surface area contributed by atoms with Crippen molar-refractivity contribution in [3.63, 3.8) is 0 Å². The Balaban J connectivity index is 1.50. The van der Waals surface area contributed by atoms with Crippen molar-refractivity contribution in [1.82, 2.24) is 0 Å². The number of rotatable bonds is 4. The fraction of sp³-hybridized carbons (Fsp3) is 0. The van der Waals surface area contributed by atoms with Gasteiger partial charge in [0.2, 0.25) is 5.90 Å². The molecule has 0 saturated carbocycles. The van der Waals surface area contributed by atoms with Crippen LogP contribution in [0.1, 0.15) is 21.5 Å². The number of cyclic esters (lactones) is 1. The zero-order valence-electron chi connectivity index (χ0n) is 15.3. The fourth-order valence-electron chi connectivity index (χ4n) is 2.73. The van der Waals surface area contributed by atoms with Crippen molar-refractivity contribution >= 4 is 39.8 Å². The van der Waals surface area contributed by atoms with Crippen molar-refractivity contribution in [3.8, 4) is 5.75 Å². The number of benzene rings is 3. The minimum Gasteiger partial charge on any atom is -0.423 e. The molecule has 3 aromatic rings. The van der Waals surface area contributed by atoms with Crippen molar-refractivity contribution in [3.05, 3.63) is 105 Å². The molecule has 30 heavy (non-hydrogen) atoms. The van der Waals surface area contributed by atoms with Crippen molar-refractivity contribution in [2.24, 2.45) is 4.99 Å². The zero-order valence-corrected chi connectivity index (χ0v) is 16.9. The Morgan fingerprint density at radius 2 is 1.80 bits per heavy atom. The molecule has 0 radical (unpaired) electrons. The van der Waals surface area contributed by atoms with Crippen LogP contribution >= 0.6 is 15.9 Å². The molecule has 1 aliphatic rings. The van der Waals surface area contributed by atoms with Gasteiger partial charge in [-0.25, -0.2) is 19.0 Å². The molecule has 0 unspecified atom stereocenters. The first kappa shape index (κ1) is 19.7. The van der Waals surface area contributed by atoms with Crippen LogP contribution in [0.25, 0.3) is 6.08 Å². The molecule has 7 heteroatoms. The maximum Gasteiger partial charge on any atom is 0.363 e. The third kappa shape index (κ3) is 4.36. The van der Waals surface area contributed by atoms with Gasteiger partial charge in [-0.2, -0.15) is 0 Å². The highest BCUT2D eigenvalue weighted by atomic mass is 79.9. The molecule has 0 aromatic heterocycles. The number of carbonyl (C=O) groups is 2. The summed E-state index contributed by atoms with van der Waals surface area (Å²) in [5.41, 5.74) is 1.54. The Bertz CT molecular complexity index is 1200. The first-order valence-electron chi connectivity index (χ1n) is 8.85. The Morgan fingerprint density at radius 1 is 1.03 bits per heavy atom. The highest BCUT2D eigenvalue weighted by Crippen LogP contribution is 2.22. The van der Waals surface area contributed by atoms with E-state index in [4.69, 9.17) is 9.47 Å². The third-order valence-electron chi connectivity index (χ3n) is 4.18. The first-order chi connectivity index (χ1) is 14.5. The second kappa shape index (κ2) is 8.42. The molecule has 0 atom stereocenters. The number of ether oxygens (including phenoxy) is 2. The molecule has 0 fully saturated rings. The molecule has 4 rings (SSSR count). The Labute approximate surface area is 179 Å². The molecule has 3 aromatic carbocycles. The van der Waals surface area contributed by atoms with Crippen LogP contribution in [0.4, 0.5) is 4.39 Å². The molecular formula is C23H13BrFNO4. The van der Waals surface area contributed by atoms with Crippen molar-refractivity contribution in [2.75, 3.05) is 0 Å². The van der Waals surface area contributed by atoms with E-state index in [0.29, 0.717) is 26.9 Å². The van der Waals surface area contributed by atoms with Crippen LogP contribution < -0.4 is 4.74 Å². The maximum atomic E-state index is 13.4. The quantitative estimate of drug-likeness (QED) is 0.303. The number of aliphatic imine (C=N–C) groups is 1. The fourth-order valence-corrected chi connectivity index (χ4v) is 3.18. The number of hydrogen-bond donors (Lipinski definition) is 0. The van der Waals surface area contributed by atoms with Gasteiger partial charge >= 0.3 is 11.9 Å². The van der Waals surface area contributed by atoms with Crippen molar-refractivity contribution in [1.29, 1.82) is 0 Å². The van der Waals surface area contributed by atoms with Gasteiger partial charge in [-0.05, 0) is 70.0 Å². The van der Waals surface area contributed by atoms with Crippen LogP contribution in [0.5, 0.6) is 5.75 Å². The lowest BCUT2D eigenvalue weighted by atomic mass is 10.2. The number of nitrogens with zero attached hydrogens (tertiary/aromatic N) is 1. The van der Waals surface area contributed by atoms with Gasteiger partial charge in [0, 0.05) is 10.0 Å². The van der Waals surface area contributed by atoms with E-state index in [2.05, 4.69) is 20.9 Å². The van der Waals surface area contributed by atoms with E-state index in [1.807, 2.05) is 0 Å². The summed E-state index contributed by atoms with van der Waals surface area (Å²) >= 11 is 3.32. The Kier molecular flexibility index (Phi) is 5.54.